The van der Waals surface area contributed by atoms with Gasteiger partial charge in [-0.1, -0.05) is 49.7 Å². The molecule has 0 heterocycles. The Morgan fingerprint density at radius 1 is 1.47 bits per heavy atom. The number of hydrogen-bond donors (Lipinski definition) is 1. The zero-order chi connectivity index (χ0) is 11.1. The zero-order valence-electron chi connectivity index (χ0n) is 9.49. The van der Waals surface area contributed by atoms with Crippen LogP contribution in [0.25, 0.3) is 0 Å². The second-order valence-corrected chi connectivity index (χ2v) is 4.44. The van der Waals surface area contributed by atoms with Crippen molar-refractivity contribution in [2.45, 2.75) is 32.7 Å². The summed E-state index contributed by atoms with van der Waals surface area (Å²) in [6, 6.07) is 9.09. The van der Waals surface area contributed by atoms with Crippen LogP contribution in [-0.2, 0) is 6.42 Å². The molecule has 1 aromatic carbocycles. The highest BCUT2D eigenvalue weighted by molar-refractivity contribution is 8.00. The molecule has 0 aliphatic carbocycles. The summed E-state index contributed by atoms with van der Waals surface area (Å²) < 4.78 is 3.39. The normalized spacial score (nSPS) is 12.4. The molecule has 1 aromatic rings. The Labute approximate surface area is 97.1 Å². The van der Waals surface area contributed by atoms with Gasteiger partial charge >= 0.3 is 0 Å². The molecule has 0 fully saturated rings. The summed E-state index contributed by atoms with van der Waals surface area (Å²) in [6.07, 6.45) is 2.22. The molecule has 0 saturated carbocycles. The SMILES string of the molecule is C=CSNC(CC)Cc1ccccc1C. The summed E-state index contributed by atoms with van der Waals surface area (Å²) in [7, 11) is 0. The van der Waals surface area contributed by atoms with E-state index in [1.165, 1.54) is 11.1 Å². The minimum absolute atomic E-state index is 0.522. The standard InChI is InChI=1S/C13H19NS/c1-4-13(14-15-5-2)10-12-9-7-6-8-11(12)3/h5-9,13-14H,2,4,10H2,1,3H3. The third kappa shape index (κ3) is 4.10. The molecule has 0 aliphatic heterocycles. The topological polar surface area (TPSA) is 12.0 Å². The first-order valence-corrected chi connectivity index (χ1v) is 6.22. The van der Waals surface area contributed by atoms with Gasteiger partial charge < -0.3 is 0 Å². The maximum Gasteiger partial charge on any atom is 0.0212 e. The fraction of sp³-hybridized carbons (Fsp3) is 0.385. The van der Waals surface area contributed by atoms with Crippen molar-refractivity contribution < 1.29 is 0 Å². The van der Waals surface area contributed by atoms with Gasteiger partial charge in [0.2, 0.25) is 0 Å². The smallest absolute Gasteiger partial charge is 0.0212 e. The van der Waals surface area contributed by atoms with Crippen molar-refractivity contribution >= 4 is 11.9 Å². The lowest BCUT2D eigenvalue weighted by molar-refractivity contribution is 0.607. The second kappa shape index (κ2) is 6.70. The molecular weight excluding hydrogens is 202 g/mol. The summed E-state index contributed by atoms with van der Waals surface area (Å²) in [5.41, 5.74) is 2.81. The van der Waals surface area contributed by atoms with Crippen LogP contribution >= 0.6 is 11.9 Å². The van der Waals surface area contributed by atoms with Crippen molar-refractivity contribution in [1.82, 2.24) is 4.72 Å². The number of nitrogens with one attached hydrogen (secondary N) is 1. The molecule has 1 N–H and O–H groups in total. The third-order valence-corrected chi connectivity index (χ3v) is 3.17. The van der Waals surface area contributed by atoms with Gasteiger partial charge in [-0.3, -0.25) is 4.72 Å². The first-order valence-electron chi connectivity index (χ1n) is 5.34. The Bertz CT molecular complexity index is 309. The van der Waals surface area contributed by atoms with Crippen LogP contribution in [0.2, 0.25) is 0 Å². The van der Waals surface area contributed by atoms with E-state index in [1.807, 2.05) is 5.41 Å². The van der Waals surface area contributed by atoms with Crippen LogP contribution in [0.1, 0.15) is 24.5 Å². The van der Waals surface area contributed by atoms with Crippen molar-refractivity contribution in [2.24, 2.45) is 0 Å². The lowest BCUT2D eigenvalue weighted by atomic mass is 10.0. The average Bonchev–Trinajstić information content (AvgIpc) is 2.26. The van der Waals surface area contributed by atoms with Crippen molar-refractivity contribution in [3.8, 4) is 0 Å². The van der Waals surface area contributed by atoms with Crippen LogP contribution < -0.4 is 4.72 Å². The van der Waals surface area contributed by atoms with E-state index < -0.39 is 0 Å². The number of benzene rings is 1. The first-order chi connectivity index (χ1) is 7.27. The molecule has 0 radical (unpaired) electrons. The van der Waals surface area contributed by atoms with Gasteiger partial charge in [-0.2, -0.15) is 0 Å². The molecule has 82 valence electrons. The van der Waals surface area contributed by atoms with Crippen LogP contribution in [0, 0.1) is 6.92 Å². The minimum atomic E-state index is 0.522. The molecule has 0 amide bonds. The van der Waals surface area contributed by atoms with Crippen molar-refractivity contribution in [1.29, 1.82) is 0 Å². The van der Waals surface area contributed by atoms with Crippen molar-refractivity contribution in [2.75, 3.05) is 0 Å². The number of hydrogen-bond acceptors (Lipinski definition) is 2. The van der Waals surface area contributed by atoms with E-state index in [0.29, 0.717) is 6.04 Å². The molecule has 15 heavy (non-hydrogen) atoms. The average molecular weight is 221 g/mol. The number of rotatable bonds is 6. The van der Waals surface area contributed by atoms with Gasteiger partial charge in [0.05, 0.1) is 0 Å². The van der Waals surface area contributed by atoms with Crippen LogP contribution in [-0.4, -0.2) is 6.04 Å². The molecule has 0 bridgehead atoms. The molecule has 2 heteroatoms. The van der Waals surface area contributed by atoms with Crippen LogP contribution in [0.4, 0.5) is 0 Å². The molecule has 0 saturated heterocycles. The summed E-state index contributed by atoms with van der Waals surface area (Å²) in [5.74, 6) is 0. The fourth-order valence-corrected chi connectivity index (χ4v) is 2.06. The third-order valence-electron chi connectivity index (χ3n) is 2.54. The van der Waals surface area contributed by atoms with E-state index in [4.69, 9.17) is 0 Å². The van der Waals surface area contributed by atoms with Gasteiger partial charge in [-0.25, -0.2) is 0 Å². The van der Waals surface area contributed by atoms with Gasteiger partial charge in [0.25, 0.3) is 0 Å². The van der Waals surface area contributed by atoms with Crippen LogP contribution in [0.3, 0.4) is 0 Å². The molecule has 1 atom stereocenters. The van der Waals surface area contributed by atoms with E-state index in [1.54, 1.807) is 11.9 Å². The Balaban J connectivity index is 2.58. The van der Waals surface area contributed by atoms with Crippen molar-refractivity contribution in [3.05, 3.63) is 47.4 Å². The molecule has 1 nitrogen and oxygen atoms in total. The molecule has 0 spiro atoms. The lowest BCUT2D eigenvalue weighted by Crippen LogP contribution is -2.24. The van der Waals surface area contributed by atoms with Gasteiger partial charge in [-0.05, 0) is 36.3 Å². The summed E-state index contributed by atoms with van der Waals surface area (Å²) >= 11 is 1.58. The monoisotopic (exact) mass is 221 g/mol. The van der Waals surface area contributed by atoms with E-state index in [2.05, 4.69) is 49.4 Å². The van der Waals surface area contributed by atoms with Gasteiger partial charge in [0.1, 0.15) is 0 Å². The van der Waals surface area contributed by atoms with E-state index in [0.717, 1.165) is 12.8 Å². The fourth-order valence-electron chi connectivity index (χ4n) is 1.52. The Kier molecular flexibility index (Phi) is 5.51. The second-order valence-electron chi connectivity index (χ2n) is 3.64. The van der Waals surface area contributed by atoms with Gasteiger partial charge in [-0.15, -0.1) is 0 Å². The Hall–Kier alpha value is -0.730. The highest BCUT2D eigenvalue weighted by Crippen LogP contribution is 2.12. The van der Waals surface area contributed by atoms with Crippen molar-refractivity contribution in [3.63, 3.8) is 0 Å². The van der Waals surface area contributed by atoms with Gasteiger partial charge in [0.15, 0.2) is 0 Å². The molecule has 1 unspecified atom stereocenters. The van der Waals surface area contributed by atoms with E-state index >= 15 is 0 Å². The predicted molar refractivity (Wildman–Crippen MR) is 69.9 cm³/mol. The highest BCUT2D eigenvalue weighted by Gasteiger charge is 2.07. The highest BCUT2D eigenvalue weighted by atomic mass is 32.2. The maximum atomic E-state index is 3.69. The summed E-state index contributed by atoms with van der Waals surface area (Å²) in [6.45, 7) is 8.07. The van der Waals surface area contributed by atoms with E-state index in [9.17, 15) is 0 Å². The minimum Gasteiger partial charge on any atom is -0.257 e. The van der Waals surface area contributed by atoms with Crippen LogP contribution in [0.5, 0.6) is 0 Å². The molecular formula is C13H19NS. The Morgan fingerprint density at radius 3 is 2.80 bits per heavy atom. The predicted octanol–water partition coefficient (Wildman–Crippen LogP) is 3.70. The summed E-state index contributed by atoms with van der Waals surface area (Å²) in [4.78, 5) is 0. The van der Waals surface area contributed by atoms with E-state index in [-0.39, 0.29) is 0 Å². The Morgan fingerprint density at radius 2 is 2.20 bits per heavy atom. The quantitative estimate of drug-likeness (QED) is 0.735. The molecule has 0 aliphatic rings. The van der Waals surface area contributed by atoms with Crippen LogP contribution in [0.15, 0.2) is 36.3 Å². The maximum absolute atomic E-state index is 3.69. The largest absolute Gasteiger partial charge is 0.257 e. The van der Waals surface area contributed by atoms with Gasteiger partial charge in [0, 0.05) is 6.04 Å². The molecule has 0 aromatic heterocycles. The zero-order valence-corrected chi connectivity index (χ0v) is 10.3. The lowest BCUT2D eigenvalue weighted by Gasteiger charge is -2.16. The molecule has 1 rings (SSSR count). The first kappa shape index (κ1) is 12.3. The number of aryl methyl sites for hydroxylation is 1. The summed E-state index contributed by atoms with van der Waals surface area (Å²) in [5, 5.41) is 1.83.